The van der Waals surface area contributed by atoms with Crippen molar-refractivity contribution >= 4 is 27.4 Å². The van der Waals surface area contributed by atoms with Crippen LogP contribution in [0.2, 0.25) is 0 Å². The molecule has 0 saturated carbocycles. The van der Waals surface area contributed by atoms with Gasteiger partial charge in [0, 0.05) is 18.7 Å². The highest BCUT2D eigenvalue weighted by atomic mass is 32.1. The number of thiophene rings is 1. The van der Waals surface area contributed by atoms with Crippen LogP contribution in [0.4, 0.5) is 5.82 Å². The van der Waals surface area contributed by atoms with Crippen molar-refractivity contribution in [3.05, 3.63) is 40.3 Å². The molecule has 0 atom stereocenters. The molecule has 0 fully saturated rings. The summed E-state index contributed by atoms with van der Waals surface area (Å²) < 4.78 is 0. The Kier molecular flexibility index (Phi) is 4.50. The van der Waals surface area contributed by atoms with E-state index in [1.54, 1.807) is 0 Å². The molecule has 0 amide bonds. The Balaban J connectivity index is 2.30. The molecule has 5 heteroatoms. The van der Waals surface area contributed by atoms with Gasteiger partial charge >= 0.3 is 0 Å². The van der Waals surface area contributed by atoms with Crippen LogP contribution in [-0.4, -0.2) is 23.1 Å². The van der Waals surface area contributed by atoms with E-state index in [0.29, 0.717) is 4.88 Å². The maximum atomic E-state index is 9.38. The molecule has 0 saturated heterocycles. The van der Waals surface area contributed by atoms with Crippen LogP contribution < -0.4 is 4.90 Å². The van der Waals surface area contributed by atoms with Crippen molar-refractivity contribution in [3.8, 4) is 17.5 Å². The molecule has 3 rings (SSSR count). The first kappa shape index (κ1) is 16.4. The summed E-state index contributed by atoms with van der Waals surface area (Å²) in [5.41, 5.74) is 3.19. The number of rotatable bonds is 4. The van der Waals surface area contributed by atoms with Gasteiger partial charge in [-0.25, -0.2) is 9.97 Å². The Hall–Kier alpha value is -2.45. The molecule has 0 unspecified atom stereocenters. The van der Waals surface area contributed by atoms with Gasteiger partial charge in [0.15, 0.2) is 5.82 Å². The van der Waals surface area contributed by atoms with Gasteiger partial charge in [0.05, 0.1) is 5.39 Å². The fraction of sp³-hybridized carbons (Fsp3) is 0.316. The number of fused-ring (bicyclic) bond motifs is 1. The Labute approximate surface area is 146 Å². The number of nitrogens with zero attached hydrogens (tertiary/aromatic N) is 4. The quantitative estimate of drug-likeness (QED) is 0.693. The van der Waals surface area contributed by atoms with Crippen LogP contribution in [0.25, 0.3) is 21.6 Å². The van der Waals surface area contributed by atoms with Crippen LogP contribution in [0, 0.1) is 25.2 Å². The zero-order valence-corrected chi connectivity index (χ0v) is 15.2. The number of aryl methyl sites for hydroxylation is 2. The monoisotopic (exact) mass is 336 g/mol. The summed E-state index contributed by atoms with van der Waals surface area (Å²) in [5.74, 6) is 1.64. The van der Waals surface area contributed by atoms with E-state index in [1.165, 1.54) is 16.9 Å². The van der Waals surface area contributed by atoms with Gasteiger partial charge < -0.3 is 4.90 Å². The summed E-state index contributed by atoms with van der Waals surface area (Å²) in [6.45, 7) is 10.0. The smallest absolute Gasteiger partial charge is 0.163 e. The van der Waals surface area contributed by atoms with Gasteiger partial charge in [-0.15, -0.1) is 11.3 Å². The van der Waals surface area contributed by atoms with E-state index in [9.17, 15) is 5.26 Å². The molecular formula is C19H20N4S. The van der Waals surface area contributed by atoms with Crippen molar-refractivity contribution < 1.29 is 0 Å². The predicted molar refractivity (Wildman–Crippen MR) is 101 cm³/mol. The van der Waals surface area contributed by atoms with Gasteiger partial charge in [0.25, 0.3) is 0 Å². The van der Waals surface area contributed by atoms with E-state index in [-0.39, 0.29) is 0 Å². The lowest BCUT2D eigenvalue weighted by Crippen LogP contribution is -2.23. The molecule has 2 heterocycles. The number of nitriles is 1. The minimum absolute atomic E-state index is 0.716. The first-order valence-electron chi connectivity index (χ1n) is 8.12. The molecule has 4 nitrogen and oxygen atoms in total. The Morgan fingerprint density at radius 1 is 1.08 bits per heavy atom. The Morgan fingerprint density at radius 2 is 1.75 bits per heavy atom. The Morgan fingerprint density at radius 3 is 2.33 bits per heavy atom. The maximum absolute atomic E-state index is 9.38. The zero-order valence-electron chi connectivity index (χ0n) is 14.4. The average Bonchev–Trinajstić information content (AvgIpc) is 2.92. The molecule has 0 N–H and O–H groups in total. The van der Waals surface area contributed by atoms with Crippen molar-refractivity contribution in [2.24, 2.45) is 0 Å². The molecule has 24 heavy (non-hydrogen) atoms. The lowest BCUT2D eigenvalue weighted by molar-refractivity contribution is 0.850. The topological polar surface area (TPSA) is 52.8 Å². The molecule has 122 valence electrons. The number of anilines is 1. The van der Waals surface area contributed by atoms with Crippen LogP contribution in [0.5, 0.6) is 0 Å². The van der Waals surface area contributed by atoms with Crippen LogP contribution in [0.3, 0.4) is 0 Å². The summed E-state index contributed by atoms with van der Waals surface area (Å²) in [4.78, 5) is 13.4. The second-order valence-electron chi connectivity index (χ2n) is 5.76. The summed E-state index contributed by atoms with van der Waals surface area (Å²) in [6.07, 6.45) is 0. The first-order valence-corrected chi connectivity index (χ1v) is 8.93. The summed E-state index contributed by atoms with van der Waals surface area (Å²) >= 11 is 1.45. The Bertz CT molecular complexity index is 915. The van der Waals surface area contributed by atoms with Gasteiger partial charge in [0.2, 0.25) is 0 Å². The lowest BCUT2D eigenvalue weighted by Gasteiger charge is -2.21. The highest BCUT2D eigenvalue weighted by Gasteiger charge is 2.19. The third kappa shape index (κ3) is 2.74. The van der Waals surface area contributed by atoms with E-state index in [2.05, 4.69) is 43.9 Å². The summed E-state index contributed by atoms with van der Waals surface area (Å²) in [5, 5.41) is 10.4. The SMILES string of the molecule is CCN(CC)c1nc(-c2ccc(C)cc2)nc2sc(C#N)c(C)c12. The normalized spacial score (nSPS) is 10.8. The molecule has 0 bridgehead atoms. The van der Waals surface area contributed by atoms with E-state index < -0.39 is 0 Å². The van der Waals surface area contributed by atoms with Crippen molar-refractivity contribution in [1.82, 2.24) is 9.97 Å². The molecule has 0 spiro atoms. The molecule has 1 aromatic carbocycles. The second kappa shape index (κ2) is 6.58. The number of hydrogen-bond acceptors (Lipinski definition) is 5. The number of hydrogen-bond donors (Lipinski definition) is 0. The molecule has 3 aromatic rings. The van der Waals surface area contributed by atoms with E-state index in [4.69, 9.17) is 9.97 Å². The lowest BCUT2D eigenvalue weighted by atomic mass is 10.1. The van der Waals surface area contributed by atoms with Crippen molar-refractivity contribution in [2.75, 3.05) is 18.0 Å². The van der Waals surface area contributed by atoms with Crippen LogP contribution in [0.1, 0.15) is 29.9 Å². The fourth-order valence-corrected chi connectivity index (χ4v) is 3.78. The molecule has 0 aliphatic rings. The van der Waals surface area contributed by atoms with Gasteiger partial charge in [-0.3, -0.25) is 0 Å². The highest BCUT2D eigenvalue weighted by Crippen LogP contribution is 2.36. The third-order valence-electron chi connectivity index (χ3n) is 4.25. The fourth-order valence-electron chi connectivity index (χ4n) is 2.81. The number of aromatic nitrogens is 2. The van der Waals surface area contributed by atoms with Gasteiger partial charge in [-0.1, -0.05) is 29.8 Å². The second-order valence-corrected chi connectivity index (χ2v) is 6.76. The predicted octanol–water partition coefficient (Wildman–Crippen LogP) is 4.69. The van der Waals surface area contributed by atoms with Crippen molar-refractivity contribution in [1.29, 1.82) is 5.26 Å². The largest absolute Gasteiger partial charge is 0.357 e. The maximum Gasteiger partial charge on any atom is 0.163 e. The molecule has 0 aliphatic carbocycles. The van der Waals surface area contributed by atoms with Gasteiger partial charge in [-0.2, -0.15) is 5.26 Å². The highest BCUT2D eigenvalue weighted by molar-refractivity contribution is 7.19. The van der Waals surface area contributed by atoms with Gasteiger partial charge in [0.1, 0.15) is 21.6 Å². The van der Waals surface area contributed by atoms with Crippen LogP contribution >= 0.6 is 11.3 Å². The molecule has 2 aromatic heterocycles. The molecular weight excluding hydrogens is 316 g/mol. The van der Waals surface area contributed by atoms with Crippen molar-refractivity contribution in [3.63, 3.8) is 0 Å². The van der Waals surface area contributed by atoms with Crippen LogP contribution in [0.15, 0.2) is 24.3 Å². The minimum atomic E-state index is 0.716. The third-order valence-corrected chi connectivity index (χ3v) is 5.34. The standard InChI is InChI=1S/C19H20N4S/c1-5-23(6-2)18-16-13(4)15(11-20)24-19(16)22-17(21-18)14-9-7-12(3)8-10-14/h7-10H,5-6H2,1-4H3. The summed E-state index contributed by atoms with van der Waals surface area (Å²) in [6, 6.07) is 10.5. The summed E-state index contributed by atoms with van der Waals surface area (Å²) in [7, 11) is 0. The number of benzene rings is 1. The molecule has 0 radical (unpaired) electrons. The average molecular weight is 336 g/mol. The van der Waals surface area contributed by atoms with E-state index >= 15 is 0 Å². The zero-order chi connectivity index (χ0) is 17.3. The van der Waals surface area contributed by atoms with Gasteiger partial charge in [-0.05, 0) is 33.3 Å². The minimum Gasteiger partial charge on any atom is -0.357 e. The van der Waals surface area contributed by atoms with E-state index in [1.807, 2.05) is 19.1 Å². The first-order chi connectivity index (χ1) is 11.6. The molecule has 0 aliphatic heterocycles. The van der Waals surface area contributed by atoms with Crippen molar-refractivity contribution in [2.45, 2.75) is 27.7 Å². The van der Waals surface area contributed by atoms with Crippen LogP contribution in [-0.2, 0) is 0 Å². The van der Waals surface area contributed by atoms with E-state index in [0.717, 1.165) is 46.1 Å².